The van der Waals surface area contributed by atoms with E-state index in [0.717, 1.165) is 24.6 Å². The van der Waals surface area contributed by atoms with Crippen molar-refractivity contribution in [3.8, 4) is 5.75 Å². The third kappa shape index (κ3) is 5.27. The Kier molecular flexibility index (Phi) is 5.97. The fourth-order valence-corrected chi connectivity index (χ4v) is 2.15. The van der Waals surface area contributed by atoms with Gasteiger partial charge in [-0.1, -0.05) is 37.0 Å². The number of benzene rings is 1. The molecule has 0 saturated heterocycles. The lowest BCUT2D eigenvalue weighted by Gasteiger charge is -2.07. The highest BCUT2D eigenvalue weighted by atomic mass is 35.5. The van der Waals surface area contributed by atoms with Crippen LogP contribution < -0.4 is 10.1 Å². The minimum absolute atomic E-state index is 0.324. The van der Waals surface area contributed by atoms with Gasteiger partial charge in [0.05, 0.1) is 11.6 Å². The van der Waals surface area contributed by atoms with Gasteiger partial charge in [-0.3, -0.25) is 0 Å². The van der Waals surface area contributed by atoms with Gasteiger partial charge in [0.1, 0.15) is 23.9 Å². The first kappa shape index (κ1) is 16.2. The lowest BCUT2D eigenvalue weighted by molar-refractivity contribution is 0.265. The molecule has 1 aromatic carbocycles. The second kappa shape index (κ2) is 7.74. The van der Waals surface area contributed by atoms with Gasteiger partial charge < -0.3 is 14.5 Å². The summed E-state index contributed by atoms with van der Waals surface area (Å²) in [6, 6.07) is 8.99. The summed E-state index contributed by atoms with van der Waals surface area (Å²) in [5.74, 6) is 2.83. The van der Waals surface area contributed by atoms with Crippen LogP contribution in [0.2, 0.25) is 10.0 Å². The van der Waals surface area contributed by atoms with Crippen molar-refractivity contribution in [2.75, 3.05) is 6.54 Å². The molecule has 21 heavy (non-hydrogen) atoms. The Morgan fingerprint density at radius 3 is 2.67 bits per heavy atom. The first-order valence-corrected chi connectivity index (χ1v) is 7.66. The van der Waals surface area contributed by atoms with Gasteiger partial charge in [0.15, 0.2) is 0 Å². The topological polar surface area (TPSA) is 34.4 Å². The number of nitrogens with one attached hydrogen (secondary N) is 1. The Morgan fingerprint density at radius 1 is 1.14 bits per heavy atom. The molecule has 2 aromatic rings. The molecule has 0 bridgehead atoms. The minimum Gasteiger partial charge on any atom is -0.484 e. The number of ether oxygens (including phenoxy) is 1. The second-order valence-corrected chi connectivity index (χ2v) is 6.10. The Morgan fingerprint density at radius 2 is 1.90 bits per heavy atom. The monoisotopic (exact) mass is 327 g/mol. The standard InChI is InChI=1S/C16H19Cl2NO2/c1-11(2)8-19-9-13-4-5-14(21-13)10-20-16-7-12(17)3-6-15(16)18/h3-7,11,19H,8-10H2,1-2H3. The maximum absolute atomic E-state index is 6.04. The lowest BCUT2D eigenvalue weighted by atomic mass is 10.2. The molecule has 2 rings (SSSR count). The molecule has 0 amide bonds. The smallest absolute Gasteiger partial charge is 0.146 e. The van der Waals surface area contributed by atoms with Crippen LogP contribution in [0.4, 0.5) is 0 Å². The zero-order chi connectivity index (χ0) is 15.2. The molecule has 0 unspecified atom stereocenters. The molecule has 0 atom stereocenters. The Bertz CT molecular complexity index is 581. The van der Waals surface area contributed by atoms with Crippen LogP contribution in [0, 0.1) is 5.92 Å². The van der Waals surface area contributed by atoms with Crippen molar-refractivity contribution in [3.63, 3.8) is 0 Å². The van der Waals surface area contributed by atoms with Gasteiger partial charge in [-0.05, 0) is 36.7 Å². The molecule has 0 aliphatic heterocycles. The van der Waals surface area contributed by atoms with Crippen molar-refractivity contribution in [2.24, 2.45) is 5.92 Å². The van der Waals surface area contributed by atoms with Gasteiger partial charge in [-0.15, -0.1) is 0 Å². The van der Waals surface area contributed by atoms with Crippen LogP contribution in [0.1, 0.15) is 25.4 Å². The summed E-state index contributed by atoms with van der Waals surface area (Å²) in [7, 11) is 0. The summed E-state index contributed by atoms with van der Waals surface area (Å²) in [6.07, 6.45) is 0. The van der Waals surface area contributed by atoms with E-state index in [1.807, 2.05) is 12.1 Å². The highest BCUT2D eigenvalue weighted by molar-refractivity contribution is 6.34. The summed E-state index contributed by atoms with van der Waals surface area (Å²) in [4.78, 5) is 0. The maximum Gasteiger partial charge on any atom is 0.146 e. The molecule has 5 heteroatoms. The predicted octanol–water partition coefficient (Wildman–Crippen LogP) is 4.91. The summed E-state index contributed by atoms with van der Waals surface area (Å²) in [5, 5.41) is 4.45. The zero-order valence-electron chi connectivity index (χ0n) is 12.2. The van der Waals surface area contributed by atoms with Crippen molar-refractivity contribution in [1.82, 2.24) is 5.32 Å². The average Bonchev–Trinajstić information content (AvgIpc) is 2.87. The van der Waals surface area contributed by atoms with Crippen LogP contribution in [0.3, 0.4) is 0 Å². The summed E-state index contributed by atoms with van der Waals surface area (Å²) >= 11 is 12.0. The van der Waals surface area contributed by atoms with E-state index in [1.54, 1.807) is 18.2 Å². The van der Waals surface area contributed by atoms with Gasteiger partial charge in [0.25, 0.3) is 0 Å². The van der Waals surface area contributed by atoms with E-state index >= 15 is 0 Å². The van der Waals surface area contributed by atoms with Crippen LogP contribution >= 0.6 is 23.2 Å². The van der Waals surface area contributed by atoms with Crippen molar-refractivity contribution >= 4 is 23.2 Å². The van der Waals surface area contributed by atoms with Crippen molar-refractivity contribution in [1.29, 1.82) is 0 Å². The van der Waals surface area contributed by atoms with Crippen molar-refractivity contribution in [3.05, 3.63) is 51.9 Å². The van der Waals surface area contributed by atoms with Crippen LogP contribution in [-0.2, 0) is 13.2 Å². The Labute approximate surface area is 135 Å². The van der Waals surface area contributed by atoms with Crippen LogP contribution in [0.5, 0.6) is 5.75 Å². The molecule has 3 nitrogen and oxygen atoms in total. The third-order valence-corrected chi connectivity index (χ3v) is 3.38. The van der Waals surface area contributed by atoms with Crippen molar-refractivity contribution < 1.29 is 9.15 Å². The van der Waals surface area contributed by atoms with Gasteiger partial charge in [0, 0.05) is 11.1 Å². The van der Waals surface area contributed by atoms with E-state index in [9.17, 15) is 0 Å². The maximum atomic E-state index is 6.04. The van der Waals surface area contributed by atoms with Crippen LogP contribution in [-0.4, -0.2) is 6.54 Å². The Balaban J connectivity index is 1.86. The van der Waals surface area contributed by atoms with Crippen LogP contribution in [0.15, 0.2) is 34.7 Å². The molecule has 1 heterocycles. The molecule has 0 aliphatic rings. The number of hydrogen-bond donors (Lipinski definition) is 1. The van der Waals surface area contributed by atoms with E-state index in [0.29, 0.717) is 28.3 Å². The minimum atomic E-state index is 0.324. The van der Waals surface area contributed by atoms with Crippen LogP contribution in [0.25, 0.3) is 0 Å². The van der Waals surface area contributed by atoms with E-state index < -0.39 is 0 Å². The summed E-state index contributed by atoms with van der Waals surface area (Å²) in [5.41, 5.74) is 0. The second-order valence-electron chi connectivity index (χ2n) is 5.26. The molecular formula is C16H19Cl2NO2. The molecule has 0 fully saturated rings. The van der Waals surface area contributed by atoms with Gasteiger partial charge in [0.2, 0.25) is 0 Å². The quantitative estimate of drug-likeness (QED) is 0.784. The highest BCUT2D eigenvalue weighted by Crippen LogP contribution is 2.28. The SMILES string of the molecule is CC(C)CNCc1ccc(COc2cc(Cl)ccc2Cl)o1. The number of halogens is 2. The lowest BCUT2D eigenvalue weighted by Crippen LogP contribution is -2.18. The molecule has 0 spiro atoms. The fraction of sp³-hybridized carbons (Fsp3) is 0.375. The van der Waals surface area contributed by atoms with Gasteiger partial charge in [-0.2, -0.15) is 0 Å². The molecule has 0 radical (unpaired) electrons. The number of rotatable bonds is 7. The van der Waals surface area contributed by atoms with Crippen molar-refractivity contribution in [2.45, 2.75) is 27.0 Å². The number of furan rings is 1. The summed E-state index contributed by atoms with van der Waals surface area (Å²) < 4.78 is 11.3. The molecule has 114 valence electrons. The Hall–Kier alpha value is -1.16. The largest absolute Gasteiger partial charge is 0.484 e. The van der Waals surface area contributed by atoms with E-state index in [1.165, 1.54) is 0 Å². The van der Waals surface area contributed by atoms with Gasteiger partial charge >= 0.3 is 0 Å². The molecule has 0 aliphatic carbocycles. The third-order valence-electron chi connectivity index (χ3n) is 2.83. The molecule has 0 saturated carbocycles. The number of hydrogen-bond acceptors (Lipinski definition) is 3. The highest BCUT2D eigenvalue weighted by Gasteiger charge is 2.06. The average molecular weight is 328 g/mol. The van der Waals surface area contributed by atoms with E-state index in [2.05, 4.69) is 19.2 Å². The first-order chi connectivity index (χ1) is 10.0. The van der Waals surface area contributed by atoms with Gasteiger partial charge in [-0.25, -0.2) is 0 Å². The normalized spacial score (nSPS) is 11.1. The first-order valence-electron chi connectivity index (χ1n) is 6.90. The molecular weight excluding hydrogens is 309 g/mol. The summed E-state index contributed by atoms with van der Waals surface area (Å²) in [6.45, 7) is 6.34. The molecule has 1 aromatic heterocycles. The fourth-order valence-electron chi connectivity index (χ4n) is 1.82. The molecule has 1 N–H and O–H groups in total. The predicted molar refractivity (Wildman–Crippen MR) is 86.0 cm³/mol. The van der Waals surface area contributed by atoms with E-state index in [-0.39, 0.29) is 0 Å². The van der Waals surface area contributed by atoms with E-state index in [4.69, 9.17) is 32.4 Å². The zero-order valence-corrected chi connectivity index (χ0v) is 13.7.